The van der Waals surface area contributed by atoms with Crippen LogP contribution in [0, 0.1) is 11.6 Å². The largest absolute Gasteiger partial charge is 0.419 e. The molecule has 3 rings (SSSR count). The first kappa shape index (κ1) is 20.5. The van der Waals surface area contributed by atoms with Gasteiger partial charge in [0.2, 0.25) is 5.95 Å². The van der Waals surface area contributed by atoms with Crippen molar-refractivity contribution < 1.29 is 26.7 Å². The van der Waals surface area contributed by atoms with E-state index >= 15 is 0 Å². The lowest BCUT2D eigenvalue weighted by Crippen LogP contribution is -2.44. The minimum Gasteiger partial charge on any atom is -0.399 e. The first-order valence-corrected chi connectivity index (χ1v) is 8.24. The number of amides is 1. The van der Waals surface area contributed by atoms with Gasteiger partial charge in [-0.1, -0.05) is 6.07 Å². The molecule has 0 radical (unpaired) electrons. The molecule has 4 N–H and O–H groups in total. The molecule has 1 aromatic heterocycles. The lowest BCUT2D eigenvalue weighted by molar-refractivity contribution is -0.140. The maximum absolute atomic E-state index is 14.2. The molecule has 0 saturated heterocycles. The summed E-state index contributed by atoms with van der Waals surface area (Å²) in [6.45, 7) is -0.182. The van der Waals surface area contributed by atoms with Crippen LogP contribution in [0.25, 0.3) is 0 Å². The quantitative estimate of drug-likeness (QED) is 0.454. The lowest BCUT2D eigenvalue weighted by atomic mass is 10.1. The van der Waals surface area contributed by atoms with Crippen LogP contribution in [0.5, 0.6) is 0 Å². The van der Waals surface area contributed by atoms with Crippen molar-refractivity contribution in [1.29, 1.82) is 0 Å². The zero-order valence-corrected chi connectivity index (χ0v) is 14.7. The van der Waals surface area contributed by atoms with Crippen molar-refractivity contribution in [3.8, 4) is 0 Å². The Balaban J connectivity index is 1.82. The number of anilines is 1. The molecule has 2 aromatic rings. The van der Waals surface area contributed by atoms with Crippen LogP contribution in [0.15, 0.2) is 42.0 Å². The number of aromatic nitrogens is 2. The molecule has 2 heterocycles. The van der Waals surface area contributed by atoms with Gasteiger partial charge in [-0.05, 0) is 12.1 Å². The van der Waals surface area contributed by atoms with Crippen LogP contribution in [-0.4, -0.2) is 33.9 Å². The molecular weight excluding hydrogens is 399 g/mol. The number of halogens is 5. The van der Waals surface area contributed by atoms with Gasteiger partial charge in [0.05, 0.1) is 35.8 Å². The van der Waals surface area contributed by atoms with Gasteiger partial charge in [0, 0.05) is 18.7 Å². The Morgan fingerprint density at radius 3 is 2.41 bits per heavy atom. The summed E-state index contributed by atoms with van der Waals surface area (Å²) >= 11 is 0. The Labute approximate surface area is 161 Å². The highest BCUT2D eigenvalue weighted by molar-refractivity contribution is 5.95. The summed E-state index contributed by atoms with van der Waals surface area (Å²) in [4.78, 5) is 21.1. The third-order valence-electron chi connectivity index (χ3n) is 4.29. The number of hydrogen-bond donors (Lipinski definition) is 2. The van der Waals surface area contributed by atoms with E-state index in [-0.39, 0.29) is 31.2 Å². The van der Waals surface area contributed by atoms with Crippen molar-refractivity contribution in [2.45, 2.75) is 12.6 Å². The number of benzene rings is 1. The van der Waals surface area contributed by atoms with E-state index in [9.17, 15) is 26.7 Å². The molecule has 0 fully saturated rings. The highest BCUT2D eigenvalue weighted by Gasteiger charge is 2.36. The number of carbonyl (C=O) groups is 1. The van der Waals surface area contributed by atoms with Gasteiger partial charge < -0.3 is 10.6 Å². The van der Waals surface area contributed by atoms with Crippen molar-refractivity contribution in [3.05, 3.63) is 64.7 Å². The fourth-order valence-electron chi connectivity index (χ4n) is 2.86. The van der Waals surface area contributed by atoms with Crippen LogP contribution in [-0.2, 0) is 6.18 Å². The average molecular weight is 414 g/mol. The zero-order valence-electron chi connectivity index (χ0n) is 14.7. The van der Waals surface area contributed by atoms with E-state index in [0.717, 1.165) is 34.4 Å². The third kappa shape index (κ3) is 4.11. The first-order chi connectivity index (χ1) is 13.6. The monoisotopic (exact) mass is 414 g/mol. The van der Waals surface area contributed by atoms with Crippen LogP contribution >= 0.6 is 0 Å². The smallest absolute Gasteiger partial charge is 0.399 e. The van der Waals surface area contributed by atoms with Gasteiger partial charge in [0.15, 0.2) is 5.82 Å². The molecule has 12 heteroatoms. The summed E-state index contributed by atoms with van der Waals surface area (Å²) in [5, 5.41) is 1.03. The van der Waals surface area contributed by atoms with Crippen LogP contribution in [0.2, 0.25) is 0 Å². The molecular formula is C17H15F5N6O. The number of rotatable bonds is 3. The molecule has 1 aromatic carbocycles. The summed E-state index contributed by atoms with van der Waals surface area (Å²) in [6.07, 6.45) is -3.00. The molecule has 154 valence electrons. The minimum absolute atomic E-state index is 0.0133. The van der Waals surface area contributed by atoms with Gasteiger partial charge >= 0.3 is 6.18 Å². The Bertz CT molecular complexity index is 960. The molecule has 7 nitrogen and oxygen atoms in total. The second kappa shape index (κ2) is 7.62. The van der Waals surface area contributed by atoms with E-state index < -0.39 is 34.8 Å². The summed E-state index contributed by atoms with van der Waals surface area (Å²) in [7, 11) is 0. The number of nitrogens with zero attached hydrogens (tertiary/aromatic N) is 4. The van der Waals surface area contributed by atoms with Gasteiger partial charge in [-0.15, -0.1) is 0 Å². The first-order valence-electron chi connectivity index (χ1n) is 8.24. The van der Waals surface area contributed by atoms with E-state index in [2.05, 4.69) is 9.97 Å². The Kier molecular flexibility index (Phi) is 5.38. The van der Waals surface area contributed by atoms with Crippen LogP contribution in [0.1, 0.15) is 22.3 Å². The number of hydrazine groups is 1. The van der Waals surface area contributed by atoms with E-state index in [0.29, 0.717) is 11.8 Å². The van der Waals surface area contributed by atoms with Crippen molar-refractivity contribution in [3.63, 3.8) is 0 Å². The van der Waals surface area contributed by atoms with Gasteiger partial charge in [-0.2, -0.15) is 13.2 Å². The molecule has 0 atom stereocenters. The molecule has 0 saturated carbocycles. The standard InChI is InChI=1S/C17H15F5N6O/c18-9-6-25-16(26-7-9)28(24)13-4-5-27(8-12(13)23)15(29)10-2-1-3-11(14(10)19)17(20,21)22/h1-3,6-7H,4-5,8,23-24H2. The van der Waals surface area contributed by atoms with Crippen molar-refractivity contribution in [2.24, 2.45) is 11.6 Å². The van der Waals surface area contributed by atoms with Gasteiger partial charge in [0.1, 0.15) is 5.82 Å². The summed E-state index contributed by atoms with van der Waals surface area (Å²) in [6, 6.07) is 2.49. The highest BCUT2D eigenvalue weighted by atomic mass is 19.4. The van der Waals surface area contributed by atoms with E-state index in [1.165, 1.54) is 0 Å². The summed E-state index contributed by atoms with van der Waals surface area (Å²) < 4.78 is 65.8. The highest BCUT2D eigenvalue weighted by Crippen LogP contribution is 2.33. The third-order valence-corrected chi connectivity index (χ3v) is 4.29. The Morgan fingerprint density at radius 1 is 1.17 bits per heavy atom. The van der Waals surface area contributed by atoms with Crippen LogP contribution in [0.3, 0.4) is 0 Å². The molecule has 29 heavy (non-hydrogen) atoms. The fourth-order valence-corrected chi connectivity index (χ4v) is 2.86. The predicted octanol–water partition coefficient (Wildman–Crippen LogP) is 2.17. The molecule has 0 spiro atoms. The van der Waals surface area contributed by atoms with Crippen molar-refractivity contribution in [1.82, 2.24) is 14.9 Å². The second-order valence-corrected chi connectivity index (χ2v) is 6.18. The molecule has 1 amide bonds. The number of carbonyl (C=O) groups excluding carboxylic acids is 1. The minimum atomic E-state index is -4.93. The van der Waals surface area contributed by atoms with Gasteiger partial charge in [0.25, 0.3) is 5.91 Å². The van der Waals surface area contributed by atoms with E-state index in [1.807, 2.05) is 0 Å². The predicted molar refractivity (Wildman–Crippen MR) is 91.8 cm³/mol. The second-order valence-electron chi connectivity index (χ2n) is 6.18. The fraction of sp³-hybridized carbons (Fsp3) is 0.235. The maximum atomic E-state index is 14.2. The molecule has 0 unspecified atom stereocenters. The lowest BCUT2D eigenvalue weighted by Gasteiger charge is -2.32. The number of nitrogens with two attached hydrogens (primary N) is 2. The average Bonchev–Trinajstić information content (AvgIpc) is 2.66. The van der Waals surface area contributed by atoms with Crippen molar-refractivity contribution in [2.75, 3.05) is 18.1 Å². The van der Waals surface area contributed by atoms with Crippen LogP contribution in [0.4, 0.5) is 27.9 Å². The zero-order chi connectivity index (χ0) is 21.3. The maximum Gasteiger partial charge on any atom is 0.419 e. The van der Waals surface area contributed by atoms with Gasteiger partial charge in [-0.25, -0.2) is 29.6 Å². The Morgan fingerprint density at radius 2 is 1.83 bits per heavy atom. The topological polar surface area (TPSA) is 101 Å². The van der Waals surface area contributed by atoms with E-state index in [1.54, 1.807) is 0 Å². The number of hydrogen-bond acceptors (Lipinski definition) is 6. The number of alkyl halides is 3. The van der Waals surface area contributed by atoms with Crippen LogP contribution < -0.4 is 16.6 Å². The molecule has 1 aliphatic rings. The molecule has 1 aliphatic heterocycles. The van der Waals surface area contributed by atoms with Crippen molar-refractivity contribution >= 4 is 11.9 Å². The molecule has 0 bridgehead atoms. The summed E-state index contributed by atoms with van der Waals surface area (Å²) in [5.41, 5.74) is 4.19. The van der Waals surface area contributed by atoms with E-state index in [4.69, 9.17) is 11.6 Å². The van der Waals surface area contributed by atoms with Gasteiger partial charge in [-0.3, -0.25) is 4.79 Å². The Hall–Kier alpha value is -3.28. The SMILES string of the molecule is NC1=C(N(N)c2ncc(F)cn2)CCN(C(=O)c2cccc(C(F)(F)F)c2F)C1. The molecule has 0 aliphatic carbocycles. The summed E-state index contributed by atoms with van der Waals surface area (Å²) in [5.74, 6) is 2.63. The normalized spacial score (nSPS) is 14.9.